The third-order valence-corrected chi connectivity index (χ3v) is 2.08. The van der Waals surface area contributed by atoms with Crippen molar-refractivity contribution >= 4 is 34.1 Å². The van der Waals surface area contributed by atoms with Gasteiger partial charge in [0.15, 0.2) is 17.1 Å². The van der Waals surface area contributed by atoms with Gasteiger partial charge in [0.1, 0.15) is 0 Å². The molecule has 96 valence electrons. The molecule has 12 nitrogen and oxygen atoms in total. The van der Waals surface area contributed by atoms with Crippen molar-refractivity contribution in [3.63, 3.8) is 0 Å². The minimum absolute atomic E-state index is 0.925. The van der Waals surface area contributed by atoms with Crippen molar-refractivity contribution in [3.05, 3.63) is 30.3 Å². The summed E-state index contributed by atoms with van der Waals surface area (Å²) >= 11 is 0. The van der Waals surface area contributed by atoms with E-state index in [0.29, 0.717) is 0 Å². The molecule has 6 N–H and O–H groups in total. The molecule has 12 heteroatoms. The van der Waals surface area contributed by atoms with Gasteiger partial charge in [0, 0.05) is 0 Å². The van der Waals surface area contributed by atoms with Crippen LogP contribution < -0.4 is 17.2 Å². The van der Waals surface area contributed by atoms with Crippen LogP contribution in [0.4, 0.5) is 34.1 Å². The summed E-state index contributed by atoms with van der Waals surface area (Å²) in [6.45, 7) is 0. The summed E-state index contributed by atoms with van der Waals surface area (Å²) < 4.78 is 0. The topological polar surface area (TPSA) is 207 Å². The van der Waals surface area contributed by atoms with Crippen LogP contribution in [0.25, 0.3) is 0 Å². The fraction of sp³-hybridized carbons (Fsp3) is 0. The van der Waals surface area contributed by atoms with Crippen LogP contribution in [0.3, 0.4) is 0 Å². The zero-order valence-corrected chi connectivity index (χ0v) is 8.52. The van der Waals surface area contributed by atoms with E-state index in [1.807, 2.05) is 0 Å². The zero-order valence-electron chi connectivity index (χ0n) is 8.52. The average Bonchev–Trinajstić information content (AvgIpc) is 2.14. The van der Waals surface area contributed by atoms with Crippen LogP contribution >= 0.6 is 0 Å². The smallest absolute Gasteiger partial charge is 0.329 e. The van der Waals surface area contributed by atoms with Gasteiger partial charge < -0.3 is 17.2 Å². The van der Waals surface area contributed by atoms with Crippen molar-refractivity contribution in [3.8, 4) is 0 Å². The summed E-state index contributed by atoms with van der Waals surface area (Å²) in [6, 6.07) is 0. The molecular weight excluding hydrogens is 252 g/mol. The van der Waals surface area contributed by atoms with Crippen LogP contribution in [-0.4, -0.2) is 14.8 Å². The van der Waals surface area contributed by atoms with Crippen molar-refractivity contribution in [2.45, 2.75) is 0 Å². The van der Waals surface area contributed by atoms with Gasteiger partial charge in [0.05, 0.1) is 14.8 Å². The Balaban J connectivity index is 3.94. The van der Waals surface area contributed by atoms with Gasteiger partial charge in [-0.3, -0.25) is 30.3 Å². The molecule has 0 radical (unpaired) electrons. The Hall–Kier alpha value is -3.18. The number of nitrogens with zero attached hydrogens (tertiary/aromatic N) is 3. The zero-order chi connectivity index (χ0) is 14.2. The number of hydrogen-bond donors (Lipinski definition) is 3. The van der Waals surface area contributed by atoms with Gasteiger partial charge in [-0.15, -0.1) is 0 Å². The molecular formula is C6H6N6O6. The summed E-state index contributed by atoms with van der Waals surface area (Å²) in [4.78, 5) is 28.5. The highest BCUT2D eigenvalue weighted by Gasteiger charge is 2.38. The van der Waals surface area contributed by atoms with Crippen LogP contribution in [0.5, 0.6) is 0 Å². The second-order valence-electron chi connectivity index (χ2n) is 3.06. The molecule has 0 aromatic heterocycles. The first-order valence-corrected chi connectivity index (χ1v) is 4.13. The molecule has 0 aliphatic carbocycles. The van der Waals surface area contributed by atoms with Gasteiger partial charge in [-0.25, -0.2) is 0 Å². The predicted molar refractivity (Wildman–Crippen MR) is 59.6 cm³/mol. The molecule has 0 aliphatic heterocycles. The van der Waals surface area contributed by atoms with Gasteiger partial charge in [0.2, 0.25) is 0 Å². The highest BCUT2D eigenvalue weighted by Crippen LogP contribution is 2.48. The molecule has 0 amide bonds. The van der Waals surface area contributed by atoms with E-state index in [1.54, 1.807) is 0 Å². The Bertz CT molecular complexity index is 480. The van der Waals surface area contributed by atoms with Gasteiger partial charge >= 0.3 is 17.1 Å². The monoisotopic (exact) mass is 258 g/mol. The van der Waals surface area contributed by atoms with Gasteiger partial charge in [-0.2, -0.15) is 0 Å². The second kappa shape index (κ2) is 4.00. The molecule has 0 heterocycles. The second-order valence-corrected chi connectivity index (χ2v) is 3.06. The Kier molecular flexibility index (Phi) is 2.87. The number of nitrogen functional groups attached to an aromatic ring is 3. The first kappa shape index (κ1) is 12.9. The molecule has 0 spiro atoms. The quantitative estimate of drug-likeness (QED) is 0.382. The lowest BCUT2D eigenvalue weighted by molar-refractivity contribution is -0.399. The van der Waals surface area contributed by atoms with E-state index in [0.717, 1.165) is 0 Å². The summed E-state index contributed by atoms with van der Waals surface area (Å²) in [5, 5.41) is 32.0. The average molecular weight is 258 g/mol. The summed E-state index contributed by atoms with van der Waals surface area (Å²) in [5.74, 6) is 0. The third kappa shape index (κ3) is 1.66. The highest BCUT2D eigenvalue weighted by molar-refractivity contribution is 5.96. The van der Waals surface area contributed by atoms with Crippen LogP contribution in [0, 0.1) is 30.3 Å². The van der Waals surface area contributed by atoms with Crippen molar-refractivity contribution in [2.24, 2.45) is 0 Å². The Morgan fingerprint density at radius 2 is 0.778 bits per heavy atom. The lowest BCUT2D eigenvalue weighted by atomic mass is 10.1. The molecule has 0 unspecified atom stereocenters. The normalized spacial score (nSPS) is 10.0. The molecule has 1 aromatic rings. The van der Waals surface area contributed by atoms with E-state index in [-0.39, 0.29) is 0 Å². The van der Waals surface area contributed by atoms with E-state index >= 15 is 0 Å². The Labute approximate surface area is 97.4 Å². The molecule has 1 aromatic carbocycles. The fourth-order valence-electron chi connectivity index (χ4n) is 1.36. The number of anilines is 3. The summed E-state index contributed by atoms with van der Waals surface area (Å²) in [5.41, 5.74) is 9.47. The molecule has 0 saturated heterocycles. The lowest BCUT2D eigenvalue weighted by Gasteiger charge is -2.06. The van der Waals surface area contributed by atoms with E-state index in [1.165, 1.54) is 0 Å². The van der Waals surface area contributed by atoms with Crippen molar-refractivity contribution in [1.82, 2.24) is 0 Å². The first-order chi connectivity index (χ1) is 8.20. The minimum Gasteiger partial charge on any atom is -0.387 e. The van der Waals surface area contributed by atoms with Crippen LogP contribution in [0.2, 0.25) is 0 Å². The Morgan fingerprint density at radius 1 is 0.611 bits per heavy atom. The number of nitro groups is 3. The maximum Gasteiger partial charge on any atom is 0.329 e. The Morgan fingerprint density at radius 3 is 0.889 bits per heavy atom. The standard InChI is InChI=1S/C6H6N6O6/c7-1-4(10(13)14)2(8)6(12(17)18)3(9)5(1)11(15)16/h7-9H2. The van der Waals surface area contributed by atoms with E-state index in [9.17, 15) is 30.3 Å². The summed E-state index contributed by atoms with van der Waals surface area (Å²) in [6.07, 6.45) is 0. The van der Waals surface area contributed by atoms with E-state index in [2.05, 4.69) is 0 Å². The SMILES string of the molecule is Nc1c([N+](=O)[O-])c(N)c([N+](=O)[O-])c(N)c1[N+](=O)[O-]. The molecule has 1 rings (SSSR count). The number of hydrogen-bond acceptors (Lipinski definition) is 9. The maximum atomic E-state index is 10.7. The fourth-order valence-corrected chi connectivity index (χ4v) is 1.36. The number of benzene rings is 1. The number of rotatable bonds is 3. The molecule has 0 saturated carbocycles. The largest absolute Gasteiger partial charge is 0.387 e. The molecule has 0 aliphatic rings. The van der Waals surface area contributed by atoms with Crippen molar-refractivity contribution < 1.29 is 14.8 Å². The van der Waals surface area contributed by atoms with Crippen molar-refractivity contribution in [2.75, 3.05) is 17.2 Å². The lowest BCUT2D eigenvalue weighted by Crippen LogP contribution is -2.10. The molecule has 0 atom stereocenters. The highest BCUT2D eigenvalue weighted by atomic mass is 16.6. The van der Waals surface area contributed by atoms with Crippen LogP contribution in [-0.2, 0) is 0 Å². The molecule has 0 bridgehead atoms. The van der Waals surface area contributed by atoms with E-state index < -0.39 is 48.9 Å². The van der Waals surface area contributed by atoms with E-state index in [4.69, 9.17) is 17.2 Å². The van der Waals surface area contributed by atoms with Gasteiger partial charge in [0.25, 0.3) is 0 Å². The van der Waals surface area contributed by atoms with Gasteiger partial charge in [-0.1, -0.05) is 0 Å². The molecule has 18 heavy (non-hydrogen) atoms. The predicted octanol–water partition coefficient (Wildman–Crippen LogP) is 0.158. The van der Waals surface area contributed by atoms with Crippen molar-refractivity contribution in [1.29, 1.82) is 0 Å². The third-order valence-electron chi connectivity index (χ3n) is 2.08. The number of nitrogens with two attached hydrogens (primary N) is 3. The van der Waals surface area contributed by atoms with Crippen LogP contribution in [0.1, 0.15) is 0 Å². The maximum absolute atomic E-state index is 10.7. The minimum atomic E-state index is -1.15. The van der Waals surface area contributed by atoms with Crippen LogP contribution in [0.15, 0.2) is 0 Å². The number of nitro benzene ring substituents is 3. The summed E-state index contributed by atoms with van der Waals surface area (Å²) in [7, 11) is 0. The van der Waals surface area contributed by atoms with Gasteiger partial charge in [-0.05, 0) is 0 Å². The first-order valence-electron chi connectivity index (χ1n) is 4.13. The molecule has 0 fully saturated rings.